The van der Waals surface area contributed by atoms with Crippen molar-refractivity contribution < 1.29 is 9.53 Å². The zero-order chi connectivity index (χ0) is 14.7. The molecule has 0 N–H and O–H groups in total. The number of para-hydroxylation sites is 1. The van der Waals surface area contributed by atoms with Crippen LogP contribution in [0.5, 0.6) is 5.75 Å². The van der Waals surface area contributed by atoms with Crippen LogP contribution in [0.15, 0.2) is 42.5 Å². The minimum atomic E-state index is -0.616. The van der Waals surface area contributed by atoms with E-state index < -0.39 is 6.10 Å². The molecule has 0 spiro atoms. The maximum atomic E-state index is 12.3. The Morgan fingerprint density at radius 1 is 1.15 bits per heavy atom. The SMILES string of the molecule is Cc1ccccc1OC(C)C(=O)c1ccc(Cl)cc1Cl. The van der Waals surface area contributed by atoms with Gasteiger partial charge < -0.3 is 4.74 Å². The fourth-order valence-corrected chi connectivity index (χ4v) is 2.34. The summed E-state index contributed by atoms with van der Waals surface area (Å²) in [6, 6.07) is 12.4. The molecule has 0 amide bonds. The summed E-state index contributed by atoms with van der Waals surface area (Å²) in [5.74, 6) is 0.522. The van der Waals surface area contributed by atoms with Crippen molar-refractivity contribution >= 4 is 29.0 Å². The Hall–Kier alpha value is -1.51. The minimum Gasteiger partial charge on any atom is -0.482 e. The second-order valence-corrected chi connectivity index (χ2v) is 5.36. The predicted molar refractivity (Wildman–Crippen MR) is 82.1 cm³/mol. The van der Waals surface area contributed by atoms with Crippen LogP contribution in [0.1, 0.15) is 22.8 Å². The standard InChI is InChI=1S/C16H14Cl2O2/c1-10-5-3-4-6-15(10)20-11(2)16(19)13-8-7-12(17)9-14(13)18/h3-9,11H,1-2H3. The third-order valence-electron chi connectivity index (χ3n) is 2.96. The summed E-state index contributed by atoms with van der Waals surface area (Å²) in [6.07, 6.45) is -0.616. The van der Waals surface area contributed by atoms with E-state index in [9.17, 15) is 4.79 Å². The second kappa shape index (κ2) is 6.29. The van der Waals surface area contributed by atoms with E-state index in [2.05, 4.69) is 0 Å². The molecule has 0 aliphatic heterocycles. The number of benzene rings is 2. The molecule has 0 saturated carbocycles. The molecule has 2 nitrogen and oxygen atoms in total. The predicted octanol–water partition coefficient (Wildman–Crippen LogP) is 4.95. The number of halogens is 2. The molecule has 0 bridgehead atoms. The first kappa shape index (κ1) is 14.9. The van der Waals surface area contributed by atoms with Gasteiger partial charge in [0, 0.05) is 10.6 Å². The molecule has 1 unspecified atom stereocenters. The number of ether oxygens (including phenoxy) is 1. The Morgan fingerprint density at radius 2 is 1.85 bits per heavy atom. The van der Waals surface area contributed by atoms with Gasteiger partial charge in [-0.1, -0.05) is 41.4 Å². The molecule has 0 saturated heterocycles. The summed E-state index contributed by atoms with van der Waals surface area (Å²) in [4.78, 5) is 12.3. The second-order valence-electron chi connectivity index (χ2n) is 4.51. The third kappa shape index (κ3) is 3.33. The van der Waals surface area contributed by atoms with Crippen LogP contribution in [0.2, 0.25) is 10.0 Å². The Kier molecular flexibility index (Phi) is 4.69. The highest BCUT2D eigenvalue weighted by molar-refractivity contribution is 6.37. The zero-order valence-corrected chi connectivity index (χ0v) is 12.7. The number of carbonyl (C=O) groups excluding carboxylic acids is 1. The highest BCUT2D eigenvalue weighted by Gasteiger charge is 2.20. The van der Waals surface area contributed by atoms with E-state index in [0.717, 1.165) is 5.56 Å². The van der Waals surface area contributed by atoms with Gasteiger partial charge in [0.25, 0.3) is 0 Å². The lowest BCUT2D eigenvalue weighted by molar-refractivity contribution is 0.0817. The summed E-state index contributed by atoms with van der Waals surface area (Å²) in [5, 5.41) is 0.835. The summed E-state index contributed by atoms with van der Waals surface area (Å²) < 4.78 is 5.71. The van der Waals surface area contributed by atoms with Gasteiger partial charge in [0.15, 0.2) is 6.10 Å². The average Bonchev–Trinajstić information content (AvgIpc) is 2.40. The van der Waals surface area contributed by atoms with Crippen molar-refractivity contribution in [3.63, 3.8) is 0 Å². The van der Waals surface area contributed by atoms with Crippen molar-refractivity contribution in [2.24, 2.45) is 0 Å². The fourth-order valence-electron chi connectivity index (χ4n) is 1.84. The van der Waals surface area contributed by atoms with Crippen LogP contribution in [0.4, 0.5) is 0 Å². The lowest BCUT2D eigenvalue weighted by Gasteiger charge is -2.16. The minimum absolute atomic E-state index is 0.171. The molecule has 0 aliphatic rings. The highest BCUT2D eigenvalue weighted by atomic mass is 35.5. The van der Waals surface area contributed by atoms with Gasteiger partial charge in [0.05, 0.1) is 5.02 Å². The first-order valence-electron chi connectivity index (χ1n) is 6.20. The molecular weight excluding hydrogens is 295 g/mol. The number of ketones is 1. The zero-order valence-electron chi connectivity index (χ0n) is 11.2. The van der Waals surface area contributed by atoms with Crippen molar-refractivity contribution in [1.82, 2.24) is 0 Å². The van der Waals surface area contributed by atoms with E-state index in [1.807, 2.05) is 31.2 Å². The van der Waals surface area contributed by atoms with E-state index in [0.29, 0.717) is 21.4 Å². The van der Waals surface area contributed by atoms with Crippen LogP contribution in [0, 0.1) is 6.92 Å². The summed E-state index contributed by atoms with van der Waals surface area (Å²) in [6.45, 7) is 3.64. The quantitative estimate of drug-likeness (QED) is 0.747. The Morgan fingerprint density at radius 3 is 2.50 bits per heavy atom. The van der Waals surface area contributed by atoms with E-state index in [4.69, 9.17) is 27.9 Å². The average molecular weight is 309 g/mol. The topological polar surface area (TPSA) is 26.3 Å². The van der Waals surface area contributed by atoms with Crippen LogP contribution >= 0.6 is 23.2 Å². The van der Waals surface area contributed by atoms with Crippen LogP contribution in [-0.4, -0.2) is 11.9 Å². The Labute approximate surface area is 128 Å². The van der Waals surface area contributed by atoms with E-state index >= 15 is 0 Å². The number of aryl methyl sites for hydroxylation is 1. The van der Waals surface area contributed by atoms with Crippen molar-refractivity contribution in [3.8, 4) is 5.75 Å². The van der Waals surface area contributed by atoms with Gasteiger partial charge in [-0.05, 0) is 43.7 Å². The van der Waals surface area contributed by atoms with Crippen LogP contribution in [-0.2, 0) is 0 Å². The number of Topliss-reactive ketones (excluding diaryl/α,β-unsaturated/α-hetero) is 1. The smallest absolute Gasteiger partial charge is 0.204 e. The Balaban J connectivity index is 2.19. The molecule has 2 rings (SSSR count). The van der Waals surface area contributed by atoms with Gasteiger partial charge in [-0.25, -0.2) is 0 Å². The highest BCUT2D eigenvalue weighted by Crippen LogP contribution is 2.24. The summed E-state index contributed by atoms with van der Waals surface area (Å²) >= 11 is 11.9. The van der Waals surface area contributed by atoms with Gasteiger partial charge in [-0.15, -0.1) is 0 Å². The molecule has 2 aromatic rings. The van der Waals surface area contributed by atoms with Crippen molar-refractivity contribution in [3.05, 3.63) is 63.6 Å². The molecule has 0 aromatic heterocycles. The maximum absolute atomic E-state index is 12.3. The number of rotatable bonds is 4. The Bertz CT molecular complexity index is 638. The molecule has 104 valence electrons. The monoisotopic (exact) mass is 308 g/mol. The van der Waals surface area contributed by atoms with Crippen molar-refractivity contribution in [2.75, 3.05) is 0 Å². The normalized spacial score (nSPS) is 12.0. The molecule has 0 fully saturated rings. The van der Waals surface area contributed by atoms with Crippen LogP contribution in [0.25, 0.3) is 0 Å². The van der Waals surface area contributed by atoms with Crippen LogP contribution < -0.4 is 4.74 Å². The number of hydrogen-bond acceptors (Lipinski definition) is 2. The van der Waals surface area contributed by atoms with E-state index in [1.165, 1.54) is 0 Å². The van der Waals surface area contributed by atoms with Crippen molar-refractivity contribution in [1.29, 1.82) is 0 Å². The van der Waals surface area contributed by atoms with Gasteiger partial charge in [-0.2, -0.15) is 0 Å². The van der Waals surface area contributed by atoms with Gasteiger partial charge in [0.2, 0.25) is 5.78 Å². The van der Waals surface area contributed by atoms with Crippen LogP contribution in [0.3, 0.4) is 0 Å². The lowest BCUT2D eigenvalue weighted by Crippen LogP contribution is -2.24. The maximum Gasteiger partial charge on any atom is 0.204 e. The van der Waals surface area contributed by atoms with Gasteiger partial charge in [0.1, 0.15) is 5.75 Å². The van der Waals surface area contributed by atoms with E-state index in [1.54, 1.807) is 25.1 Å². The van der Waals surface area contributed by atoms with E-state index in [-0.39, 0.29) is 5.78 Å². The number of hydrogen-bond donors (Lipinski definition) is 0. The largest absolute Gasteiger partial charge is 0.482 e. The molecule has 0 heterocycles. The first-order valence-corrected chi connectivity index (χ1v) is 6.96. The molecular formula is C16H14Cl2O2. The van der Waals surface area contributed by atoms with Gasteiger partial charge >= 0.3 is 0 Å². The summed E-state index contributed by atoms with van der Waals surface area (Å²) in [5.41, 5.74) is 1.39. The molecule has 0 aliphatic carbocycles. The third-order valence-corrected chi connectivity index (χ3v) is 3.51. The molecule has 1 atom stereocenters. The molecule has 0 radical (unpaired) electrons. The molecule has 2 aromatic carbocycles. The molecule has 20 heavy (non-hydrogen) atoms. The first-order chi connectivity index (χ1) is 9.49. The number of carbonyl (C=O) groups is 1. The molecule has 4 heteroatoms. The lowest BCUT2D eigenvalue weighted by atomic mass is 10.1. The van der Waals surface area contributed by atoms with Gasteiger partial charge in [-0.3, -0.25) is 4.79 Å². The van der Waals surface area contributed by atoms with Crippen molar-refractivity contribution in [2.45, 2.75) is 20.0 Å². The fraction of sp³-hybridized carbons (Fsp3) is 0.188. The summed E-state index contributed by atoms with van der Waals surface area (Å²) in [7, 11) is 0.